The number of hydrogen-bond donors (Lipinski definition) is 1. The zero-order valence-corrected chi connectivity index (χ0v) is 16.9. The Morgan fingerprint density at radius 1 is 0.900 bits per heavy atom. The van der Waals surface area contributed by atoms with Gasteiger partial charge < -0.3 is 19.0 Å². The highest BCUT2D eigenvalue weighted by atomic mass is 16.6. The summed E-state index contributed by atoms with van der Waals surface area (Å²) in [4.78, 5) is 15.2. The Morgan fingerprint density at radius 2 is 1.67 bits per heavy atom. The van der Waals surface area contributed by atoms with Gasteiger partial charge in [0.2, 0.25) is 0 Å². The minimum Gasteiger partial charge on any atom is -0.507 e. The molecule has 1 saturated heterocycles. The van der Waals surface area contributed by atoms with E-state index in [9.17, 15) is 9.90 Å². The predicted molar refractivity (Wildman–Crippen MR) is 114 cm³/mol. The molecule has 3 aromatic rings. The van der Waals surface area contributed by atoms with Crippen LogP contribution in [0.4, 0.5) is 0 Å². The molecular formula is C24H25NO5. The number of fused-ring (bicyclic) bond motifs is 2. The second kappa shape index (κ2) is 8.03. The van der Waals surface area contributed by atoms with E-state index in [0.717, 1.165) is 36.9 Å². The highest BCUT2D eigenvalue weighted by molar-refractivity contribution is 5.86. The van der Waals surface area contributed by atoms with Crippen molar-refractivity contribution in [2.24, 2.45) is 0 Å². The van der Waals surface area contributed by atoms with Crippen LogP contribution in [0.5, 0.6) is 17.2 Å². The van der Waals surface area contributed by atoms with Crippen molar-refractivity contribution in [3.05, 3.63) is 52.4 Å². The number of rotatable bonds is 3. The van der Waals surface area contributed by atoms with E-state index in [1.54, 1.807) is 12.1 Å². The van der Waals surface area contributed by atoms with E-state index in [2.05, 4.69) is 4.90 Å². The number of ether oxygens (including phenoxy) is 2. The van der Waals surface area contributed by atoms with Crippen molar-refractivity contribution in [2.45, 2.75) is 32.2 Å². The molecule has 0 spiro atoms. The normalized spacial score (nSPS) is 17.1. The molecule has 0 saturated carbocycles. The third kappa shape index (κ3) is 3.63. The zero-order valence-electron chi connectivity index (χ0n) is 16.9. The minimum absolute atomic E-state index is 0.168. The van der Waals surface area contributed by atoms with E-state index in [0.29, 0.717) is 48.0 Å². The quantitative estimate of drug-likeness (QED) is 0.652. The van der Waals surface area contributed by atoms with Crippen LogP contribution < -0.4 is 15.1 Å². The molecule has 1 N–H and O–H groups in total. The summed E-state index contributed by atoms with van der Waals surface area (Å²) in [5, 5.41) is 11.3. The summed E-state index contributed by atoms with van der Waals surface area (Å²) >= 11 is 0. The van der Waals surface area contributed by atoms with Crippen molar-refractivity contribution in [2.75, 3.05) is 26.3 Å². The van der Waals surface area contributed by atoms with Gasteiger partial charge in [-0.2, -0.15) is 0 Å². The highest BCUT2D eigenvalue weighted by Crippen LogP contribution is 2.35. The van der Waals surface area contributed by atoms with Gasteiger partial charge in [0.25, 0.3) is 0 Å². The van der Waals surface area contributed by atoms with Crippen LogP contribution in [0.2, 0.25) is 0 Å². The van der Waals surface area contributed by atoms with Crippen molar-refractivity contribution in [3.8, 4) is 28.4 Å². The highest BCUT2D eigenvalue weighted by Gasteiger charge is 2.19. The maximum Gasteiger partial charge on any atom is 0.344 e. The van der Waals surface area contributed by atoms with E-state index in [1.165, 1.54) is 12.8 Å². The van der Waals surface area contributed by atoms with Gasteiger partial charge in [-0.3, -0.25) is 4.90 Å². The number of aromatic hydroxyl groups is 1. The first kappa shape index (κ1) is 19.0. The average molecular weight is 407 g/mol. The molecule has 2 aromatic carbocycles. The lowest BCUT2D eigenvalue weighted by Gasteiger charge is -2.21. The number of likely N-dealkylation sites (tertiary alicyclic amines) is 1. The predicted octanol–water partition coefficient (Wildman–Crippen LogP) is 4.31. The third-order valence-electron chi connectivity index (χ3n) is 5.91. The Labute approximate surface area is 174 Å². The van der Waals surface area contributed by atoms with Gasteiger partial charge in [-0.1, -0.05) is 18.9 Å². The summed E-state index contributed by atoms with van der Waals surface area (Å²) in [5.74, 6) is 1.48. The molecule has 0 atom stereocenters. The maximum atomic E-state index is 12.9. The molecule has 156 valence electrons. The lowest BCUT2D eigenvalue weighted by Crippen LogP contribution is -2.24. The lowest BCUT2D eigenvalue weighted by molar-refractivity contribution is 0.171. The molecule has 2 aliphatic rings. The van der Waals surface area contributed by atoms with E-state index >= 15 is 0 Å². The average Bonchev–Trinajstić information content (AvgIpc) is 3.04. The fourth-order valence-corrected chi connectivity index (χ4v) is 4.31. The minimum atomic E-state index is -0.429. The first-order valence-electron chi connectivity index (χ1n) is 10.6. The molecule has 2 aliphatic heterocycles. The van der Waals surface area contributed by atoms with Crippen LogP contribution in [0.25, 0.3) is 22.1 Å². The van der Waals surface area contributed by atoms with Gasteiger partial charge in [-0.15, -0.1) is 0 Å². The number of hydrogen-bond acceptors (Lipinski definition) is 6. The molecule has 1 aromatic heterocycles. The second-order valence-electron chi connectivity index (χ2n) is 7.98. The van der Waals surface area contributed by atoms with Crippen LogP contribution in [0.15, 0.2) is 45.6 Å². The van der Waals surface area contributed by atoms with E-state index in [4.69, 9.17) is 13.9 Å². The van der Waals surface area contributed by atoms with Gasteiger partial charge in [-0.25, -0.2) is 4.79 Å². The molecular weight excluding hydrogens is 382 g/mol. The second-order valence-corrected chi connectivity index (χ2v) is 7.98. The summed E-state index contributed by atoms with van der Waals surface area (Å²) in [6.45, 7) is 3.58. The molecule has 5 rings (SSSR count). The van der Waals surface area contributed by atoms with Gasteiger partial charge in [0.15, 0.2) is 11.5 Å². The van der Waals surface area contributed by atoms with Crippen LogP contribution >= 0.6 is 0 Å². The number of nitrogens with zero attached hydrogens (tertiary/aromatic N) is 1. The Bertz CT molecular complexity index is 1130. The third-order valence-corrected chi connectivity index (χ3v) is 5.91. The van der Waals surface area contributed by atoms with Crippen molar-refractivity contribution >= 4 is 11.0 Å². The summed E-state index contributed by atoms with van der Waals surface area (Å²) in [7, 11) is 0. The van der Waals surface area contributed by atoms with Gasteiger partial charge in [0.1, 0.15) is 24.5 Å². The van der Waals surface area contributed by atoms with Gasteiger partial charge in [-0.05, 0) is 61.8 Å². The van der Waals surface area contributed by atoms with E-state index < -0.39 is 5.63 Å². The fourth-order valence-electron chi connectivity index (χ4n) is 4.31. The first-order chi connectivity index (χ1) is 14.7. The molecule has 1 fully saturated rings. The Hall–Kier alpha value is -2.99. The Kier molecular flexibility index (Phi) is 5.09. The number of benzene rings is 2. The molecule has 0 aliphatic carbocycles. The number of phenols is 1. The molecule has 3 heterocycles. The molecule has 0 amide bonds. The topological polar surface area (TPSA) is 72.1 Å². The Morgan fingerprint density at radius 3 is 2.47 bits per heavy atom. The lowest BCUT2D eigenvalue weighted by atomic mass is 10.0. The smallest absolute Gasteiger partial charge is 0.344 e. The van der Waals surface area contributed by atoms with Gasteiger partial charge in [0, 0.05) is 11.9 Å². The van der Waals surface area contributed by atoms with Crippen LogP contribution in [0.1, 0.15) is 31.2 Å². The summed E-state index contributed by atoms with van der Waals surface area (Å²) in [6.07, 6.45) is 4.80. The van der Waals surface area contributed by atoms with Crippen molar-refractivity contribution in [1.82, 2.24) is 4.90 Å². The van der Waals surface area contributed by atoms with Crippen LogP contribution in [-0.4, -0.2) is 36.3 Å². The zero-order chi connectivity index (χ0) is 20.5. The van der Waals surface area contributed by atoms with Gasteiger partial charge >= 0.3 is 5.63 Å². The maximum absolute atomic E-state index is 12.9. The molecule has 0 unspecified atom stereocenters. The van der Waals surface area contributed by atoms with Crippen LogP contribution in [-0.2, 0) is 6.54 Å². The molecule has 6 nitrogen and oxygen atoms in total. The van der Waals surface area contributed by atoms with Gasteiger partial charge in [0.05, 0.1) is 11.1 Å². The largest absolute Gasteiger partial charge is 0.507 e. The molecule has 6 heteroatoms. The van der Waals surface area contributed by atoms with Crippen molar-refractivity contribution in [1.29, 1.82) is 0 Å². The SMILES string of the molecule is O=c1oc2c(CN3CCCCCC3)c(O)ccc2cc1-c1ccc2c(c1)OCCO2. The molecule has 0 radical (unpaired) electrons. The summed E-state index contributed by atoms with van der Waals surface area (Å²) in [5.41, 5.74) is 1.90. The molecule has 0 bridgehead atoms. The van der Waals surface area contributed by atoms with E-state index in [-0.39, 0.29) is 5.75 Å². The monoisotopic (exact) mass is 407 g/mol. The van der Waals surface area contributed by atoms with Crippen molar-refractivity contribution in [3.63, 3.8) is 0 Å². The van der Waals surface area contributed by atoms with Crippen LogP contribution in [0, 0.1) is 0 Å². The Balaban J connectivity index is 1.54. The summed E-state index contributed by atoms with van der Waals surface area (Å²) in [6, 6.07) is 10.8. The first-order valence-corrected chi connectivity index (χ1v) is 10.6. The fraction of sp³-hybridized carbons (Fsp3) is 0.375. The van der Waals surface area contributed by atoms with E-state index in [1.807, 2.05) is 24.3 Å². The van der Waals surface area contributed by atoms with Crippen LogP contribution in [0.3, 0.4) is 0 Å². The van der Waals surface area contributed by atoms with Crippen molar-refractivity contribution < 1.29 is 19.0 Å². The standard InChI is InChI=1S/C24H25NO5/c26-20-7-5-17-13-18(16-6-8-21-22(14-16)29-12-11-28-21)24(27)30-23(17)19(20)15-25-9-3-1-2-4-10-25/h5-8,13-14,26H,1-4,9-12,15H2. The number of phenolic OH excluding ortho intramolecular Hbond substituents is 1. The molecule has 30 heavy (non-hydrogen) atoms. The summed E-state index contributed by atoms with van der Waals surface area (Å²) < 4.78 is 17.0.